The minimum Gasteiger partial charge on any atom is -0.480 e. The first-order valence-electron chi connectivity index (χ1n) is 7.25. The van der Waals surface area contributed by atoms with Crippen LogP contribution in [0.5, 0.6) is 0 Å². The summed E-state index contributed by atoms with van der Waals surface area (Å²) in [5.74, 6) is -0.666. The van der Waals surface area contributed by atoms with Crippen LogP contribution in [0.2, 0.25) is 0 Å². The van der Waals surface area contributed by atoms with Crippen LogP contribution in [0.25, 0.3) is 0 Å². The zero-order valence-electron chi connectivity index (χ0n) is 12.0. The van der Waals surface area contributed by atoms with E-state index in [1.165, 1.54) is 11.1 Å². The topological polar surface area (TPSA) is 40.5 Å². The number of rotatable bonds is 5. The second-order valence-electron chi connectivity index (χ2n) is 5.31. The Morgan fingerprint density at radius 2 is 1.90 bits per heavy atom. The second kappa shape index (κ2) is 8.28. The predicted octanol–water partition coefficient (Wildman–Crippen LogP) is 3.15. The molecule has 4 heteroatoms. The van der Waals surface area contributed by atoms with Crippen molar-refractivity contribution in [2.45, 2.75) is 45.1 Å². The van der Waals surface area contributed by atoms with Crippen LogP contribution in [-0.4, -0.2) is 35.1 Å². The fraction of sp³-hybridized carbons (Fsp3) is 0.562. The Balaban J connectivity index is 0.00000200. The van der Waals surface area contributed by atoms with E-state index in [4.69, 9.17) is 0 Å². The largest absolute Gasteiger partial charge is 0.480 e. The number of nitrogens with zero attached hydrogens (tertiary/aromatic N) is 1. The maximum Gasteiger partial charge on any atom is 0.320 e. The number of aliphatic carboxylic acids is 1. The third-order valence-corrected chi connectivity index (χ3v) is 4.02. The molecule has 1 aliphatic rings. The number of carboxylic acids is 1. The number of aryl methyl sites for hydroxylation is 1. The van der Waals surface area contributed by atoms with Gasteiger partial charge in [0.25, 0.3) is 0 Å². The van der Waals surface area contributed by atoms with E-state index in [0.29, 0.717) is 0 Å². The zero-order valence-corrected chi connectivity index (χ0v) is 12.9. The molecule has 0 aromatic heterocycles. The van der Waals surface area contributed by atoms with E-state index in [2.05, 4.69) is 36.1 Å². The third-order valence-electron chi connectivity index (χ3n) is 4.02. The van der Waals surface area contributed by atoms with Gasteiger partial charge in [-0.25, -0.2) is 0 Å². The quantitative estimate of drug-likeness (QED) is 0.907. The maximum absolute atomic E-state index is 11.2. The molecule has 0 amide bonds. The molecule has 0 aliphatic carbocycles. The molecule has 3 nitrogen and oxygen atoms in total. The fourth-order valence-corrected chi connectivity index (χ4v) is 2.75. The minimum absolute atomic E-state index is 0. The van der Waals surface area contributed by atoms with E-state index >= 15 is 0 Å². The van der Waals surface area contributed by atoms with Crippen LogP contribution in [0.3, 0.4) is 0 Å². The highest BCUT2D eigenvalue weighted by molar-refractivity contribution is 5.85. The summed E-state index contributed by atoms with van der Waals surface area (Å²) < 4.78 is 0. The lowest BCUT2D eigenvalue weighted by molar-refractivity contribution is -0.144. The molecular weight excluding hydrogens is 274 g/mol. The van der Waals surface area contributed by atoms with Crippen LogP contribution in [0.15, 0.2) is 24.3 Å². The summed E-state index contributed by atoms with van der Waals surface area (Å²) in [4.78, 5) is 13.3. The van der Waals surface area contributed by atoms with Crippen molar-refractivity contribution in [2.24, 2.45) is 0 Å². The van der Waals surface area contributed by atoms with Crippen molar-refractivity contribution in [3.05, 3.63) is 35.4 Å². The molecular formula is C16H24ClNO2. The summed E-state index contributed by atoms with van der Waals surface area (Å²) in [5, 5.41) is 9.23. The van der Waals surface area contributed by atoms with Crippen LogP contribution >= 0.6 is 12.4 Å². The summed E-state index contributed by atoms with van der Waals surface area (Å²) in [6.07, 6.45) is 4.96. The van der Waals surface area contributed by atoms with Gasteiger partial charge in [0, 0.05) is 6.54 Å². The molecule has 1 aromatic carbocycles. The summed E-state index contributed by atoms with van der Waals surface area (Å²) in [6, 6.07) is 8.39. The average Bonchev–Trinajstić information content (AvgIpc) is 2.46. The van der Waals surface area contributed by atoms with Crippen molar-refractivity contribution in [3.8, 4) is 0 Å². The van der Waals surface area contributed by atoms with Gasteiger partial charge in [-0.05, 0) is 43.4 Å². The van der Waals surface area contributed by atoms with E-state index < -0.39 is 5.97 Å². The highest BCUT2D eigenvalue weighted by atomic mass is 35.5. The molecule has 112 valence electrons. The molecule has 2 rings (SSSR count). The number of carboxylic acid groups (broad SMARTS) is 1. The first kappa shape index (κ1) is 17.0. The van der Waals surface area contributed by atoms with E-state index in [1.807, 2.05) is 0 Å². The van der Waals surface area contributed by atoms with Crippen LogP contribution in [0.4, 0.5) is 0 Å². The first-order chi connectivity index (χ1) is 9.20. The molecule has 1 heterocycles. The van der Waals surface area contributed by atoms with Gasteiger partial charge in [-0.15, -0.1) is 12.4 Å². The van der Waals surface area contributed by atoms with E-state index in [-0.39, 0.29) is 18.4 Å². The standard InChI is InChI=1S/C16H23NO2.ClH/c1-2-13-6-8-14(9-7-13)10-12-17-11-4-3-5-15(17)16(18)19;/h6-9,15H,2-5,10-12H2,1H3,(H,18,19);1H. The first-order valence-corrected chi connectivity index (χ1v) is 7.25. The van der Waals surface area contributed by atoms with E-state index in [0.717, 1.165) is 45.2 Å². The third kappa shape index (κ3) is 4.50. The van der Waals surface area contributed by atoms with Crippen molar-refractivity contribution in [1.82, 2.24) is 4.90 Å². The highest BCUT2D eigenvalue weighted by Gasteiger charge is 2.27. The Labute approximate surface area is 127 Å². The van der Waals surface area contributed by atoms with Crippen LogP contribution in [0.1, 0.15) is 37.3 Å². The average molecular weight is 298 g/mol. The fourth-order valence-electron chi connectivity index (χ4n) is 2.75. The van der Waals surface area contributed by atoms with E-state index in [9.17, 15) is 9.90 Å². The Hall–Kier alpha value is -1.06. The van der Waals surface area contributed by atoms with Crippen molar-refractivity contribution < 1.29 is 9.90 Å². The SMILES string of the molecule is CCc1ccc(CCN2CCCCC2C(=O)O)cc1.Cl. The van der Waals surface area contributed by atoms with E-state index in [1.54, 1.807) is 0 Å². The Morgan fingerprint density at radius 3 is 2.50 bits per heavy atom. The van der Waals surface area contributed by atoms with Gasteiger partial charge in [-0.3, -0.25) is 9.69 Å². The number of benzene rings is 1. The molecule has 1 saturated heterocycles. The van der Waals surface area contributed by atoms with Gasteiger partial charge in [0.05, 0.1) is 0 Å². The molecule has 1 fully saturated rings. The molecule has 0 bridgehead atoms. The Morgan fingerprint density at radius 1 is 1.25 bits per heavy atom. The lowest BCUT2D eigenvalue weighted by atomic mass is 10.0. The van der Waals surface area contributed by atoms with Crippen molar-refractivity contribution >= 4 is 18.4 Å². The van der Waals surface area contributed by atoms with Crippen LogP contribution in [-0.2, 0) is 17.6 Å². The monoisotopic (exact) mass is 297 g/mol. The molecule has 1 atom stereocenters. The summed E-state index contributed by atoms with van der Waals surface area (Å²) >= 11 is 0. The summed E-state index contributed by atoms with van der Waals surface area (Å²) in [7, 11) is 0. The molecule has 0 saturated carbocycles. The van der Waals surface area contributed by atoms with Gasteiger partial charge in [-0.1, -0.05) is 37.6 Å². The van der Waals surface area contributed by atoms with Gasteiger partial charge >= 0.3 is 5.97 Å². The zero-order chi connectivity index (χ0) is 13.7. The molecule has 20 heavy (non-hydrogen) atoms. The predicted molar refractivity (Wildman–Crippen MR) is 83.6 cm³/mol. The Bertz CT molecular complexity index is 419. The second-order valence-corrected chi connectivity index (χ2v) is 5.31. The number of piperidine rings is 1. The number of carbonyl (C=O) groups is 1. The van der Waals surface area contributed by atoms with Gasteiger partial charge < -0.3 is 5.11 Å². The lowest BCUT2D eigenvalue weighted by Crippen LogP contribution is -2.45. The number of hydrogen-bond donors (Lipinski definition) is 1. The molecule has 1 unspecified atom stereocenters. The van der Waals surface area contributed by atoms with Gasteiger partial charge in [0.2, 0.25) is 0 Å². The molecule has 1 aromatic rings. The molecule has 0 radical (unpaired) electrons. The highest BCUT2D eigenvalue weighted by Crippen LogP contribution is 2.18. The minimum atomic E-state index is -0.666. The Kier molecular flexibility index (Phi) is 7.03. The lowest BCUT2D eigenvalue weighted by Gasteiger charge is -2.32. The number of halogens is 1. The van der Waals surface area contributed by atoms with Crippen LogP contribution in [0, 0.1) is 0 Å². The molecule has 1 N–H and O–H groups in total. The van der Waals surface area contributed by atoms with Gasteiger partial charge in [-0.2, -0.15) is 0 Å². The molecule has 0 spiro atoms. The summed E-state index contributed by atoms with van der Waals surface area (Å²) in [5.41, 5.74) is 2.65. The normalized spacial score (nSPS) is 19.4. The van der Waals surface area contributed by atoms with Crippen molar-refractivity contribution in [2.75, 3.05) is 13.1 Å². The smallest absolute Gasteiger partial charge is 0.320 e. The summed E-state index contributed by atoms with van der Waals surface area (Å²) in [6.45, 7) is 3.92. The molecule has 1 aliphatic heterocycles. The van der Waals surface area contributed by atoms with Crippen LogP contribution < -0.4 is 0 Å². The number of likely N-dealkylation sites (tertiary alicyclic amines) is 1. The van der Waals surface area contributed by atoms with Gasteiger partial charge in [0.1, 0.15) is 6.04 Å². The van der Waals surface area contributed by atoms with Crippen molar-refractivity contribution in [1.29, 1.82) is 0 Å². The number of hydrogen-bond acceptors (Lipinski definition) is 2. The van der Waals surface area contributed by atoms with Gasteiger partial charge in [0.15, 0.2) is 0 Å². The van der Waals surface area contributed by atoms with Crippen molar-refractivity contribution in [3.63, 3.8) is 0 Å². The maximum atomic E-state index is 11.2.